The number of aromatic hydroxyl groups is 1. The van der Waals surface area contributed by atoms with Crippen LogP contribution >= 0.6 is 0 Å². The number of amides is 1. The van der Waals surface area contributed by atoms with Crippen molar-refractivity contribution in [2.75, 3.05) is 5.32 Å². The van der Waals surface area contributed by atoms with E-state index in [1.165, 1.54) is 0 Å². The lowest BCUT2D eigenvalue weighted by Gasteiger charge is -2.11. The summed E-state index contributed by atoms with van der Waals surface area (Å²) in [6.45, 7) is 5.20. The minimum Gasteiger partial charge on any atom is -0.508 e. The van der Waals surface area contributed by atoms with Gasteiger partial charge in [-0.1, -0.05) is 44.2 Å². The maximum absolute atomic E-state index is 12.4. The number of benzene rings is 2. The molecule has 0 bridgehead atoms. The lowest BCUT2D eigenvalue weighted by atomic mass is 10.1. The Morgan fingerprint density at radius 3 is 2.69 bits per heavy atom. The van der Waals surface area contributed by atoms with Gasteiger partial charge in [-0.3, -0.25) is 5.32 Å². The number of fused-ring (bicyclic) bond motifs is 3. The summed E-state index contributed by atoms with van der Waals surface area (Å²) in [5.74, 6) is 0.987. The van der Waals surface area contributed by atoms with Crippen LogP contribution in [-0.2, 0) is 17.9 Å². The summed E-state index contributed by atoms with van der Waals surface area (Å²) in [4.78, 5) is 21.4. The summed E-state index contributed by atoms with van der Waals surface area (Å²) in [5, 5.41) is 13.1. The van der Waals surface area contributed by atoms with E-state index in [1.54, 1.807) is 30.6 Å². The van der Waals surface area contributed by atoms with Gasteiger partial charge in [-0.25, -0.2) is 14.8 Å². The van der Waals surface area contributed by atoms with Crippen molar-refractivity contribution in [2.24, 2.45) is 5.92 Å². The van der Waals surface area contributed by atoms with Crippen molar-refractivity contribution in [3.63, 3.8) is 0 Å². The molecule has 0 aliphatic carbocycles. The number of anilines is 1. The lowest BCUT2D eigenvalue weighted by Crippen LogP contribution is -2.15. The Morgan fingerprint density at radius 1 is 1.17 bits per heavy atom. The van der Waals surface area contributed by atoms with Crippen LogP contribution in [0.2, 0.25) is 0 Å². The van der Waals surface area contributed by atoms with E-state index in [0.29, 0.717) is 17.3 Å². The molecule has 0 unspecified atom stereocenters. The summed E-state index contributed by atoms with van der Waals surface area (Å²) in [6, 6.07) is 14.3. The normalized spacial score (nSPS) is 11.3. The van der Waals surface area contributed by atoms with Crippen molar-refractivity contribution >= 4 is 33.8 Å². The maximum atomic E-state index is 12.4. The van der Waals surface area contributed by atoms with Gasteiger partial charge in [0, 0.05) is 11.9 Å². The average molecular weight is 390 g/mol. The number of rotatable bonds is 5. The van der Waals surface area contributed by atoms with Gasteiger partial charge in [-0.15, -0.1) is 0 Å². The lowest BCUT2D eigenvalue weighted by molar-refractivity contribution is 0.155. The summed E-state index contributed by atoms with van der Waals surface area (Å²) < 4.78 is 7.39. The molecule has 0 saturated heterocycles. The predicted octanol–water partition coefficient (Wildman–Crippen LogP) is 4.69. The molecular weight excluding hydrogens is 368 g/mol. The zero-order valence-corrected chi connectivity index (χ0v) is 16.3. The summed E-state index contributed by atoms with van der Waals surface area (Å²) in [5.41, 5.74) is 3.12. The van der Waals surface area contributed by atoms with Crippen molar-refractivity contribution < 1.29 is 14.6 Å². The standard InChI is InChI=1S/C22H22N4O3/c1-14(2)11-26-13-23-19-20(26)17-5-3-4-6-18(17)24-21(19)25-22(28)29-12-15-7-9-16(27)10-8-15/h3-10,13-14,27H,11-12H2,1-2H3,(H,24,25,28). The topological polar surface area (TPSA) is 89.3 Å². The largest absolute Gasteiger partial charge is 0.508 e. The van der Waals surface area contributed by atoms with Crippen molar-refractivity contribution in [1.82, 2.24) is 14.5 Å². The van der Waals surface area contributed by atoms with Crippen molar-refractivity contribution in [1.29, 1.82) is 0 Å². The van der Waals surface area contributed by atoms with Crippen molar-refractivity contribution in [2.45, 2.75) is 27.0 Å². The second-order valence-electron chi connectivity index (χ2n) is 7.33. The van der Waals surface area contributed by atoms with Crippen LogP contribution in [0.5, 0.6) is 5.75 Å². The van der Waals surface area contributed by atoms with Crippen LogP contribution in [0.25, 0.3) is 21.9 Å². The first-order chi connectivity index (χ1) is 14.0. The molecule has 29 heavy (non-hydrogen) atoms. The number of para-hydroxylation sites is 1. The summed E-state index contributed by atoms with van der Waals surface area (Å²) in [6.07, 6.45) is 1.17. The number of phenols is 1. The minimum atomic E-state index is -0.611. The highest BCUT2D eigenvalue weighted by atomic mass is 16.5. The molecule has 2 aromatic carbocycles. The highest BCUT2D eigenvalue weighted by Gasteiger charge is 2.16. The molecule has 0 atom stereocenters. The Labute approximate surface area is 168 Å². The number of pyridine rings is 1. The third kappa shape index (κ3) is 3.99. The molecule has 0 saturated carbocycles. The van der Waals surface area contributed by atoms with E-state index in [9.17, 15) is 9.90 Å². The Bertz CT molecular complexity index is 1170. The Morgan fingerprint density at radius 2 is 1.93 bits per heavy atom. The fourth-order valence-electron chi connectivity index (χ4n) is 3.28. The average Bonchev–Trinajstić information content (AvgIpc) is 3.11. The number of nitrogens with zero attached hydrogens (tertiary/aromatic N) is 3. The van der Waals surface area contributed by atoms with Gasteiger partial charge in [0.1, 0.15) is 17.9 Å². The van der Waals surface area contributed by atoms with E-state index in [0.717, 1.165) is 28.5 Å². The predicted molar refractivity (Wildman–Crippen MR) is 112 cm³/mol. The number of nitrogens with one attached hydrogen (secondary N) is 1. The van der Waals surface area contributed by atoms with Crippen LogP contribution in [-0.4, -0.2) is 25.7 Å². The van der Waals surface area contributed by atoms with E-state index in [1.807, 2.05) is 24.3 Å². The number of carbonyl (C=O) groups is 1. The zero-order valence-electron chi connectivity index (χ0n) is 16.3. The highest BCUT2D eigenvalue weighted by molar-refractivity contribution is 6.08. The van der Waals surface area contributed by atoms with E-state index in [2.05, 4.69) is 33.7 Å². The SMILES string of the molecule is CC(C)Cn1cnc2c(NC(=O)OCc3ccc(O)cc3)nc3ccccc3c21. The molecule has 4 aromatic rings. The zero-order chi connectivity index (χ0) is 20.4. The van der Waals surface area contributed by atoms with Crippen LogP contribution in [0.3, 0.4) is 0 Å². The number of imidazole rings is 1. The molecule has 4 rings (SSSR count). The highest BCUT2D eigenvalue weighted by Crippen LogP contribution is 2.29. The summed E-state index contributed by atoms with van der Waals surface area (Å²) in [7, 11) is 0. The Balaban J connectivity index is 1.63. The van der Waals surface area contributed by atoms with Crippen LogP contribution in [0.15, 0.2) is 54.9 Å². The van der Waals surface area contributed by atoms with Crippen LogP contribution < -0.4 is 5.32 Å². The molecule has 2 N–H and O–H groups in total. The van der Waals surface area contributed by atoms with E-state index < -0.39 is 6.09 Å². The molecular formula is C22H22N4O3. The molecule has 2 heterocycles. The molecule has 0 aliphatic rings. The number of hydrogen-bond acceptors (Lipinski definition) is 5. The van der Waals surface area contributed by atoms with E-state index in [4.69, 9.17) is 4.74 Å². The maximum Gasteiger partial charge on any atom is 0.413 e. The molecule has 2 aromatic heterocycles. The van der Waals surface area contributed by atoms with Gasteiger partial charge in [-0.05, 0) is 29.7 Å². The first kappa shape index (κ1) is 18.7. The van der Waals surface area contributed by atoms with Gasteiger partial charge in [0.15, 0.2) is 5.82 Å². The molecule has 7 nitrogen and oxygen atoms in total. The number of carbonyl (C=O) groups excluding carboxylic acids is 1. The molecule has 0 fully saturated rings. The fourth-order valence-corrected chi connectivity index (χ4v) is 3.28. The van der Waals surface area contributed by atoms with Crippen molar-refractivity contribution in [3.8, 4) is 5.75 Å². The third-order valence-corrected chi connectivity index (χ3v) is 4.54. The van der Waals surface area contributed by atoms with Crippen LogP contribution in [0, 0.1) is 5.92 Å². The number of hydrogen-bond donors (Lipinski definition) is 2. The quantitative estimate of drug-likeness (QED) is 0.516. The molecule has 0 aliphatic heterocycles. The monoisotopic (exact) mass is 390 g/mol. The molecule has 7 heteroatoms. The minimum absolute atomic E-state index is 0.0879. The number of aromatic nitrogens is 3. The van der Waals surface area contributed by atoms with Crippen LogP contribution in [0.1, 0.15) is 19.4 Å². The molecule has 0 radical (unpaired) electrons. The second kappa shape index (κ2) is 7.79. The first-order valence-electron chi connectivity index (χ1n) is 9.46. The van der Waals surface area contributed by atoms with Gasteiger partial charge in [-0.2, -0.15) is 0 Å². The number of phenolic OH excluding ortho intramolecular Hbond substituents is 1. The van der Waals surface area contributed by atoms with E-state index in [-0.39, 0.29) is 12.4 Å². The van der Waals surface area contributed by atoms with Gasteiger partial charge in [0.25, 0.3) is 0 Å². The first-order valence-corrected chi connectivity index (χ1v) is 9.46. The number of ether oxygens (including phenoxy) is 1. The van der Waals surface area contributed by atoms with Gasteiger partial charge in [0.05, 0.1) is 17.4 Å². The van der Waals surface area contributed by atoms with Gasteiger partial charge in [0.2, 0.25) is 0 Å². The Hall–Kier alpha value is -3.61. The van der Waals surface area contributed by atoms with Gasteiger partial charge >= 0.3 is 6.09 Å². The smallest absolute Gasteiger partial charge is 0.413 e. The fraction of sp³-hybridized carbons (Fsp3) is 0.227. The third-order valence-electron chi connectivity index (χ3n) is 4.54. The van der Waals surface area contributed by atoms with Gasteiger partial charge < -0.3 is 14.4 Å². The van der Waals surface area contributed by atoms with E-state index >= 15 is 0 Å². The Kier molecular flexibility index (Phi) is 5.03. The second-order valence-corrected chi connectivity index (χ2v) is 7.33. The van der Waals surface area contributed by atoms with Crippen LogP contribution in [0.4, 0.5) is 10.6 Å². The summed E-state index contributed by atoms with van der Waals surface area (Å²) >= 11 is 0. The molecule has 1 amide bonds. The van der Waals surface area contributed by atoms with Crippen molar-refractivity contribution in [3.05, 3.63) is 60.4 Å². The molecule has 148 valence electrons. The molecule has 0 spiro atoms.